The molecule has 5 aromatic rings. The van der Waals surface area contributed by atoms with Gasteiger partial charge >= 0.3 is 0 Å². The van der Waals surface area contributed by atoms with E-state index < -0.39 is 0 Å². The van der Waals surface area contributed by atoms with Gasteiger partial charge in [0.15, 0.2) is 0 Å². The number of benzene rings is 3. The third-order valence-electron chi connectivity index (χ3n) is 10.5. The molecule has 2 nitrogen and oxygen atoms in total. The van der Waals surface area contributed by atoms with Gasteiger partial charge in [-0.3, -0.25) is 0 Å². The first-order valence-electron chi connectivity index (χ1n) is 16.5. The number of thiophene rings is 1. The molecule has 0 spiro atoms. The topological polar surface area (TPSA) is 8.17 Å². The third kappa shape index (κ3) is 3.87. The van der Waals surface area contributed by atoms with Crippen LogP contribution in [0.15, 0.2) is 115 Å². The van der Waals surface area contributed by atoms with Gasteiger partial charge in [0.25, 0.3) is 0 Å². The Labute approximate surface area is 268 Å². The highest BCUT2D eigenvalue weighted by atomic mass is 32.1. The molecule has 3 aromatic carbocycles. The van der Waals surface area contributed by atoms with Crippen LogP contribution in [0.4, 0.5) is 5.69 Å². The van der Waals surface area contributed by atoms with E-state index in [1.54, 1.807) is 0 Å². The van der Waals surface area contributed by atoms with Crippen LogP contribution >= 0.6 is 11.3 Å². The monoisotopic (exact) mass is 598 g/mol. The number of fused-ring (bicyclic) bond motifs is 9. The lowest BCUT2D eigenvalue weighted by molar-refractivity contribution is 0.703. The van der Waals surface area contributed by atoms with Crippen LogP contribution in [0, 0.1) is 0 Å². The van der Waals surface area contributed by atoms with Gasteiger partial charge in [0, 0.05) is 54.6 Å². The minimum Gasteiger partial charge on any atom is -0.337 e. The minimum absolute atomic E-state index is 0.323. The van der Waals surface area contributed by atoms with Gasteiger partial charge in [0.2, 0.25) is 0 Å². The van der Waals surface area contributed by atoms with E-state index in [-0.39, 0.29) is 0 Å². The lowest BCUT2D eigenvalue weighted by Crippen LogP contribution is -2.33. The largest absolute Gasteiger partial charge is 0.337 e. The van der Waals surface area contributed by atoms with E-state index in [0.717, 1.165) is 38.5 Å². The number of anilines is 1. The van der Waals surface area contributed by atoms with Crippen molar-refractivity contribution in [2.75, 3.05) is 4.90 Å². The maximum absolute atomic E-state index is 2.67. The van der Waals surface area contributed by atoms with Crippen molar-refractivity contribution in [2.24, 2.45) is 0 Å². The highest BCUT2D eigenvalue weighted by Gasteiger charge is 2.39. The van der Waals surface area contributed by atoms with E-state index in [9.17, 15) is 0 Å². The molecule has 1 aliphatic heterocycles. The Morgan fingerprint density at radius 3 is 2.58 bits per heavy atom. The summed E-state index contributed by atoms with van der Waals surface area (Å²) in [6.07, 6.45) is 30.2. The maximum Gasteiger partial charge on any atom is 0.0626 e. The van der Waals surface area contributed by atoms with Crippen molar-refractivity contribution in [3.05, 3.63) is 142 Å². The molecule has 2 aromatic heterocycles. The molecule has 4 aliphatic carbocycles. The molecule has 45 heavy (non-hydrogen) atoms. The fourth-order valence-electron chi connectivity index (χ4n) is 8.44. The molecule has 218 valence electrons. The SMILES string of the molecule is C1=CC2c3ccc(-c4ccc5c(c4)c4c(n5C5=CCCC=C5)CCC=C4)cc3N(C3=Cc4c(sc5ccccc45)CC3)C2C=C1. The van der Waals surface area contributed by atoms with Crippen LogP contribution < -0.4 is 4.90 Å². The summed E-state index contributed by atoms with van der Waals surface area (Å²) in [5.74, 6) is 0.381. The van der Waals surface area contributed by atoms with Crippen LogP contribution in [0.5, 0.6) is 0 Å². The zero-order valence-corrected chi connectivity index (χ0v) is 26.1. The molecular formula is C42H34N2S. The van der Waals surface area contributed by atoms with Gasteiger partial charge < -0.3 is 9.47 Å². The summed E-state index contributed by atoms with van der Waals surface area (Å²) < 4.78 is 3.93. The summed E-state index contributed by atoms with van der Waals surface area (Å²) in [6, 6.07) is 23.6. The van der Waals surface area contributed by atoms with E-state index in [1.807, 2.05) is 11.3 Å². The quantitative estimate of drug-likeness (QED) is 0.201. The van der Waals surface area contributed by atoms with Crippen LogP contribution in [-0.4, -0.2) is 10.6 Å². The summed E-state index contributed by atoms with van der Waals surface area (Å²) >= 11 is 1.97. The van der Waals surface area contributed by atoms with Crippen LogP contribution in [0.2, 0.25) is 0 Å². The average molecular weight is 599 g/mol. The molecule has 3 heterocycles. The lowest BCUT2D eigenvalue weighted by atomic mass is 9.90. The normalized spacial score (nSPS) is 21.1. The number of rotatable bonds is 3. The van der Waals surface area contributed by atoms with E-state index in [2.05, 4.69) is 131 Å². The zero-order valence-electron chi connectivity index (χ0n) is 25.2. The summed E-state index contributed by atoms with van der Waals surface area (Å²) in [7, 11) is 0. The molecule has 5 aliphatic rings. The van der Waals surface area contributed by atoms with E-state index in [1.165, 1.54) is 76.5 Å². The standard InChI is InChI=1S/C42H34N2S/c1-2-10-29(11-3-1)43-38-16-8-5-13-32(38)35-24-27(19-22-39(35)43)28-18-21-33-31-12-4-7-15-37(31)44(40(33)25-28)30-20-23-42-36(26-30)34-14-6-9-17-41(34)45-42/h2,4-7,9-15,17-19,21-22,24-26,31,37H,1,3,8,16,20,23H2. The summed E-state index contributed by atoms with van der Waals surface area (Å²) in [5, 5.41) is 2.76. The van der Waals surface area contributed by atoms with Gasteiger partial charge in [-0.25, -0.2) is 0 Å². The van der Waals surface area contributed by atoms with Gasteiger partial charge in [-0.15, -0.1) is 11.3 Å². The van der Waals surface area contributed by atoms with Crippen LogP contribution in [0.1, 0.15) is 58.9 Å². The van der Waals surface area contributed by atoms with E-state index in [0.29, 0.717) is 12.0 Å². The second-order valence-corrected chi connectivity index (χ2v) is 14.1. The molecule has 0 amide bonds. The average Bonchev–Trinajstić information content (AvgIpc) is 3.75. The van der Waals surface area contributed by atoms with Crippen molar-refractivity contribution in [1.82, 2.24) is 4.57 Å². The predicted octanol–water partition coefficient (Wildman–Crippen LogP) is 11.1. The Morgan fingerprint density at radius 1 is 0.733 bits per heavy atom. The van der Waals surface area contributed by atoms with Crippen LogP contribution in [0.3, 0.4) is 0 Å². The highest BCUT2D eigenvalue weighted by Crippen LogP contribution is 2.50. The zero-order chi connectivity index (χ0) is 29.5. The van der Waals surface area contributed by atoms with Gasteiger partial charge in [-0.05, 0) is 97.2 Å². The van der Waals surface area contributed by atoms with Gasteiger partial charge in [0.1, 0.15) is 0 Å². The van der Waals surface area contributed by atoms with Gasteiger partial charge in [-0.1, -0.05) is 85.0 Å². The molecule has 0 N–H and O–H groups in total. The molecule has 0 saturated heterocycles. The Morgan fingerprint density at radius 2 is 1.62 bits per heavy atom. The van der Waals surface area contributed by atoms with Gasteiger partial charge in [-0.2, -0.15) is 0 Å². The first-order valence-corrected chi connectivity index (χ1v) is 17.3. The molecule has 3 heteroatoms. The smallest absolute Gasteiger partial charge is 0.0626 e. The minimum atomic E-state index is 0.323. The number of aryl methyl sites for hydroxylation is 1. The number of allylic oxidation sites excluding steroid dienone is 8. The van der Waals surface area contributed by atoms with Crippen molar-refractivity contribution < 1.29 is 0 Å². The first-order chi connectivity index (χ1) is 22.3. The van der Waals surface area contributed by atoms with E-state index in [4.69, 9.17) is 0 Å². The Balaban J connectivity index is 1.11. The van der Waals surface area contributed by atoms with Crippen LogP contribution in [-0.2, 0) is 12.8 Å². The van der Waals surface area contributed by atoms with Crippen molar-refractivity contribution in [3.63, 3.8) is 0 Å². The lowest BCUT2D eigenvalue weighted by Gasteiger charge is -2.32. The number of hydrogen-bond acceptors (Lipinski definition) is 2. The second kappa shape index (κ2) is 9.95. The Kier molecular flexibility index (Phi) is 5.68. The van der Waals surface area contributed by atoms with Crippen LogP contribution in [0.25, 0.3) is 50.0 Å². The van der Waals surface area contributed by atoms with Crippen molar-refractivity contribution in [1.29, 1.82) is 0 Å². The molecule has 2 unspecified atom stereocenters. The molecule has 0 fully saturated rings. The molecule has 0 radical (unpaired) electrons. The second-order valence-electron chi connectivity index (χ2n) is 13.0. The number of nitrogens with zero attached hydrogens (tertiary/aromatic N) is 2. The molecule has 10 rings (SSSR count). The summed E-state index contributed by atoms with van der Waals surface area (Å²) in [6.45, 7) is 0. The van der Waals surface area contributed by atoms with Crippen molar-refractivity contribution >= 4 is 55.9 Å². The highest BCUT2D eigenvalue weighted by molar-refractivity contribution is 7.19. The number of hydrogen-bond donors (Lipinski definition) is 0. The van der Waals surface area contributed by atoms with Gasteiger partial charge in [0.05, 0.1) is 11.6 Å². The third-order valence-corrected chi connectivity index (χ3v) is 11.7. The fraction of sp³-hybridized carbons (Fsp3) is 0.190. The predicted molar refractivity (Wildman–Crippen MR) is 193 cm³/mol. The first kappa shape index (κ1) is 25.7. The van der Waals surface area contributed by atoms with E-state index >= 15 is 0 Å². The molecular weight excluding hydrogens is 565 g/mol. The molecule has 0 bridgehead atoms. The maximum atomic E-state index is 2.67. The Bertz CT molecular complexity index is 2240. The van der Waals surface area contributed by atoms with Crippen molar-refractivity contribution in [3.8, 4) is 11.1 Å². The summed E-state index contributed by atoms with van der Waals surface area (Å²) in [4.78, 5) is 4.20. The molecule has 2 atom stereocenters. The molecule has 0 saturated carbocycles. The summed E-state index contributed by atoms with van der Waals surface area (Å²) in [5.41, 5.74) is 13.8. The van der Waals surface area contributed by atoms with Crippen molar-refractivity contribution in [2.45, 2.75) is 50.5 Å². The number of aromatic nitrogens is 1. The Hall–Kier alpha value is -4.60. The fourth-order valence-corrected chi connectivity index (χ4v) is 9.63.